The predicted octanol–water partition coefficient (Wildman–Crippen LogP) is 1.52. The lowest BCUT2D eigenvalue weighted by molar-refractivity contribution is 0.316. The molecular weight excluding hydrogens is 262 g/mol. The van der Waals surface area contributed by atoms with Crippen LogP contribution in [0.25, 0.3) is 0 Å². The lowest BCUT2D eigenvalue weighted by Crippen LogP contribution is -2.40. The number of aromatic nitrogens is 1. The Hall–Kier alpha value is -1.49. The highest BCUT2D eigenvalue weighted by Crippen LogP contribution is 2.14. The smallest absolute Gasteiger partial charge is 0.194 e. The fourth-order valence-electron chi connectivity index (χ4n) is 2.85. The van der Waals surface area contributed by atoms with E-state index in [1.165, 1.54) is 25.1 Å². The van der Waals surface area contributed by atoms with Gasteiger partial charge >= 0.3 is 0 Å². The molecule has 1 saturated heterocycles. The molecule has 0 amide bonds. The zero-order valence-electron chi connectivity index (χ0n) is 13.8. The fraction of sp³-hybridized carbons (Fsp3) is 0.688. The molecule has 0 bridgehead atoms. The average Bonchev–Trinajstić information content (AvgIpc) is 3.04. The van der Waals surface area contributed by atoms with Crippen LogP contribution in [0.15, 0.2) is 23.3 Å². The molecule has 1 aromatic rings. The number of hydrogen-bond acceptors (Lipinski definition) is 2. The third kappa shape index (κ3) is 4.24. The van der Waals surface area contributed by atoms with Crippen LogP contribution in [0.5, 0.6) is 0 Å². The number of aliphatic imine (C=N–C) groups is 1. The van der Waals surface area contributed by atoms with E-state index in [2.05, 4.69) is 66.1 Å². The van der Waals surface area contributed by atoms with Gasteiger partial charge in [0.25, 0.3) is 0 Å². The van der Waals surface area contributed by atoms with Gasteiger partial charge in [0.1, 0.15) is 0 Å². The van der Waals surface area contributed by atoms with Gasteiger partial charge in [-0.2, -0.15) is 0 Å². The summed E-state index contributed by atoms with van der Waals surface area (Å²) in [6.07, 6.45) is 4.65. The van der Waals surface area contributed by atoms with E-state index >= 15 is 0 Å². The summed E-state index contributed by atoms with van der Waals surface area (Å²) in [6, 6.07) is 4.84. The summed E-state index contributed by atoms with van der Waals surface area (Å²) in [6.45, 7) is 5.98. The summed E-state index contributed by atoms with van der Waals surface area (Å²) < 4.78 is 2.16. The van der Waals surface area contributed by atoms with Crippen LogP contribution in [0.1, 0.15) is 25.5 Å². The maximum absolute atomic E-state index is 4.84. The third-order valence-corrected chi connectivity index (χ3v) is 4.27. The monoisotopic (exact) mass is 291 g/mol. The first kappa shape index (κ1) is 15.9. The van der Waals surface area contributed by atoms with Crippen molar-refractivity contribution in [3.8, 4) is 0 Å². The predicted molar refractivity (Wildman–Crippen MR) is 88.5 cm³/mol. The number of hydrogen-bond donors (Lipinski definition) is 1. The topological polar surface area (TPSA) is 35.8 Å². The largest absolute Gasteiger partial charge is 0.357 e. The van der Waals surface area contributed by atoms with Crippen molar-refractivity contribution in [2.75, 3.05) is 33.7 Å². The van der Waals surface area contributed by atoms with E-state index in [0.29, 0.717) is 6.04 Å². The van der Waals surface area contributed by atoms with Gasteiger partial charge in [-0.15, -0.1) is 0 Å². The van der Waals surface area contributed by atoms with Crippen LogP contribution in [0.4, 0.5) is 0 Å². The van der Waals surface area contributed by atoms with E-state index in [9.17, 15) is 0 Å². The zero-order chi connectivity index (χ0) is 15.2. The summed E-state index contributed by atoms with van der Waals surface area (Å²) in [5, 5.41) is 3.40. The Bertz CT molecular complexity index is 465. The van der Waals surface area contributed by atoms with E-state index in [1.54, 1.807) is 0 Å². The minimum absolute atomic E-state index is 0.599. The van der Waals surface area contributed by atoms with Crippen LogP contribution in [-0.4, -0.2) is 60.1 Å². The summed E-state index contributed by atoms with van der Waals surface area (Å²) in [5.74, 6) is 0.999. The summed E-state index contributed by atoms with van der Waals surface area (Å²) >= 11 is 0. The molecule has 1 aliphatic rings. The average molecular weight is 291 g/mol. The van der Waals surface area contributed by atoms with E-state index < -0.39 is 0 Å². The number of likely N-dealkylation sites (tertiary alicyclic amines) is 1. The minimum Gasteiger partial charge on any atom is -0.357 e. The molecule has 1 fully saturated rings. The molecule has 5 nitrogen and oxygen atoms in total. The second-order valence-corrected chi connectivity index (χ2v) is 5.94. The molecule has 21 heavy (non-hydrogen) atoms. The third-order valence-electron chi connectivity index (χ3n) is 4.27. The lowest BCUT2D eigenvalue weighted by Gasteiger charge is -2.24. The zero-order valence-corrected chi connectivity index (χ0v) is 13.8. The summed E-state index contributed by atoms with van der Waals surface area (Å²) in [5.41, 5.74) is 1.29. The lowest BCUT2D eigenvalue weighted by atomic mass is 10.2. The molecular formula is C16H29N5. The Balaban J connectivity index is 1.98. The first-order valence-corrected chi connectivity index (χ1v) is 7.91. The molecule has 118 valence electrons. The Morgan fingerprint density at radius 2 is 2.29 bits per heavy atom. The molecule has 0 saturated carbocycles. The van der Waals surface area contributed by atoms with Gasteiger partial charge in [0, 0.05) is 38.6 Å². The molecule has 1 atom stereocenters. The Kier molecular flexibility index (Phi) is 5.67. The molecule has 1 N–H and O–H groups in total. The first-order chi connectivity index (χ1) is 10.1. The van der Waals surface area contributed by atoms with Crippen molar-refractivity contribution in [1.29, 1.82) is 0 Å². The van der Waals surface area contributed by atoms with Crippen molar-refractivity contribution in [2.24, 2.45) is 12.0 Å². The number of nitrogens with zero attached hydrogens (tertiary/aromatic N) is 4. The molecule has 5 heteroatoms. The Morgan fingerprint density at radius 1 is 1.48 bits per heavy atom. The SMILES string of the molecule is CCNC(=NCC1CCCN1C)N(C)Cc1cccn1C. The standard InChI is InChI=1S/C16H29N5/c1-5-17-16(18-12-14-8-6-10-19(14)2)21(4)13-15-9-7-11-20(15)3/h7,9,11,14H,5-6,8,10,12-13H2,1-4H3,(H,17,18). The maximum atomic E-state index is 4.84. The Morgan fingerprint density at radius 3 is 2.86 bits per heavy atom. The highest BCUT2D eigenvalue weighted by atomic mass is 15.3. The normalized spacial score (nSPS) is 20.0. The molecule has 2 rings (SSSR count). The van der Waals surface area contributed by atoms with Gasteiger partial charge in [0.15, 0.2) is 5.96 Å². The second kappa shape index (κ2) is 7.50. The van der Waals surface area contributed by atoms with Crippen LogP contribution >= 0.6 is 0 Å². The van der Waals surface area contributed by atoms with Gasteiger partial charge in [-0.3, -0.25) is 4.99 Å². The van der Waals surface area contributed by atoms with Crippen molar-refractivity contribution in [2.45, 2.75) is 32.4 Å². The van der Waals surface area contributed by atoms with Crippen molar-refractivity contribution in [1.82, 2.24) is 19.7 Å². The number of rotatable bonds is 5. The van der Waals surface area contributed by atoms with E-state index in [0.717, 1.165) is 25.6 Å². The van der Waals surface area contributed by atoms with Gasteiger partial charge in [0.2, 0.25) is 0 Å². The van der Waals surface area contributed by atoms with Crippen molar-refractivity contribution in [3.63, 3.8) is 0 Å². The first-order valence-electron chi connectivity index (χ1n) is 7.91. The Labute approximate surface area is 128 Å². The van der Waals surface area contributed by atoms with Crippen LogP contribution in [0.2, 0.25) is 0 Å². The van der Waals surface area contributed by atoms with Gasteiger partial charge in [0.05, 0.1) is 13.1 Å². The molecule has 0 aromatic carbocycles. The van der Waals surface area contributed by atoms with Crippen molar-refractivity contribution < 1.29 is 0 Å². The van der Waals surface area contributed by atoms with E-state index in [1.807, 2.05) is 0 Å². The molecule has 2 heterocycles. The summed E-state index contributed by atoms with van der Waals surface area (Å²) in [7, 11) is 6.39. The van der Waals surface area contributed by atoms with Crippen LogP contribution in [0.3, 0.4) is 0 Å². The molecule has 1 unspecified atom stereocenters. The number of guanidine groups is 1. The van der Waals surface area contributed by atoms with Gasteiger partial charge in [-0.05, 0) is 45.5 Å². The van der Waals surface area contributed by atoms with Crippen molar-refractivity contribution in [3.05, 3.63) is 24.0 Å². The molecule has 0 radical (unpaired) electrons. The quantitative estimate of drug-likeness (QED) is 0.660. The number of aryl methyl sites for hydroxylation is 1. The van der Waals surface area contributed by atoms with Gasteiger partial charge < -0.3 is 19.7 Å². The molecule has 1 aromatic heterocycles. The number of nitrogens with one attached hydrogen (secondary N) is 1. The highest BCUT2D eigenvalue weighted by Gasteiger charge is 2.20. The maximum Gasteiger partial charge on any atom is 0.194 e. The van der Waals surface area contributed by atoms with Crippen LogP contribution in [-0.2, 0) is 13.6 Å². The van der Waals surface area contributed by atoms with Crippen LogP contribution in [0, 0.1) is 0 Å². The second-order valence-electron chi connectivity index (χ2n) is 5.94. The fourth-order valence-corrected chi connectivity index (χ4v) is 2.85. The summed E-state index contributed by atoms with van der Waals surface area (Å²) in [4.78, 5) is 9.46. The van der Waals surface area contributed by atoms with Gasteiger partial charge in [-0.25, -0.2) is 0 Å². The van der Waals surface area contributed by atoms with E-state index in [-0.39, 0.29) is 0 Å². The molecule has 0 aliphatic carbocycles. The van der Waals surface area contributed by atoms with Crippen molar-refractivity contribution >= 4 is 5.96 Å². The molecule has 1 aliphatic heterocycles. The van der Waals surface area contributed by atoms with Gasteiger partial charge in [-0.1, -0.05) is 0 Å². The highest BCUT2D eigenvalue weighted by molar-refractivity contribution is 5.79. The minimum atomic E-state index is 0.599. The molecule has 0 spiro atoms. The van der Waals surface area contributed by atoms with E-state index in [4.69, 9.17) is 4.99 Å². The number of likely N-dealkylation sites (N-methyl/N-ethyl adjacent to an activating group) is 1. The van der Waals surface area contributed by atoms with Crippen LogP contribution < -0.4 is 5.32 Å².